The molecule has 0 aromatic heterocycles. The number of hydrogen-bond acceptors (Lipinski definition) is 6. The number of alkyl halides is 6. The molecule has 3 rings (SSSR count). The number of aryl methyl sites for hydroxylation is 2. The molecule has 0 aliphatic carbocycles. The van der Waals surface area contributed by atoms with Crippen molar-refractivity contribution in [3.63, 3.8) is 0 Å². The normalized spacial score (nSPS) is 12.2. The van der Waals surface area contributed by atoms with Crippen molar-refractivity contribution >= 4 is 5.97 Å². The van der Waals surface area contributed by atoms with Gasteiger partial charge in [-0.25, -0.2) is 0 Å². The fraction of sp³-hybridized carbons (Fsp3) is 0.321. The number of carboxylic acid groups (broad SMARTS) is 1. The summed E-state index contributed by atoms with van der Waals surface area (Å²) in [6.07, 6.45) is -11.7. The molecule has 0 atom stereocenters. The lowest BCUT2D eigenvalue weighted by Crippen LogP contribution is -2.56. The van der Waals surface area contributed by atoms with E-state index in [4.69, 9.17) is 18.9 Å². The Bertz CT molecular complexity index is 1260. The van der Waals surface area contributed by atoms with Crippen LogP contribution in [0, 0.1) is 13.8 Å². The summed E-state index contributed by atoms with van der Waals surface area (Å²) < 4.78 is 106. The quantitative estimate of drug-likeness (QED) is 0.218. The van der Waals surface area contributed by atoms with Crippen LogP contribution in [0.3, 0.4) is 0 Å². The monoisotopic (exact) mass is 571 g/mol. The zero-order chi connectivity index (χ0) is 29.7. The molecule has 0 bridgehead atoms. The molecule has 0 unspecified atom stereocenters. The standard InChI is InChI=1S/C28H26F6O6/c1-17-14-21(15-18(2)24(17)39-13-12-38-23-10-6-20(7-11-23)25(35)36)26(27(29,30)31,28(32,33)34)40-16-19-4-8-22(37-3)9-5-19/h4-11,14-15H,12-13,16H2,1-3H3,(H,35,36)/p-1. The molecule has 216 valence electrons. The number of benzene rings is 3. The van der Waals surface area contributed by atoms with Crippen molar-refractivity contribution in [3.8, 4) is 17.2 Å². The van der Waals surface area contributed by atoms with Crippen LogP contribution in [0.2, 0.25) is 0 Å². The number of carbonyl (C=O) groups excluding carboxylic acids is 1. The summed E-state index contributed by atoms with van der Waals surface area (Å²) in [6.45, 7) is 1.55. The smallest absolute Gasteiger partial charge is 0.430 e. The molecular weight excluding hydrogens is 546 g/mol. The van der Waals surface area contributed by atoms with E-state index in [2.05, 4.69) is 0 Å². The van der Waals surface area contributed by atoms with Crippen molar-refractivity contribution in [1.29, 1.82) is 0 Å². The van der Waals surface area contributed by atoms with Gasteiger partial charge in [-0.05, 0) is 84.6 Å². The molecule has 0 amide bonds. The van der Waals surface area contributed by atoms with Crippen molar-refractivity contribution in [2.75, 3.05) is 20.3 Å². The van der Waals surface area contributed by atoms with Crippen molar-refractivity contribution in [3.05, 3.63) is 88.5 Å². The van der Waals surface area contributed by atoms with Gasteiger partial charge in [0, 0.05) is 5.56 Å². The number of carboxylic acids is 1. The average molecular weight is 571 g/mol. The molecule has 12 heteroatoms. The zero-order valence-electron chi connectivity index (χ0n) is 21.6. The van der Waals surface area contributed by atoms with Gasteiger partial charge >= 0.3 is 12.4 Å². The Morgan fingerprint density at radius 2 is 1.27 bits per heavy atom. The first-order valence-corrected chi connectivity index (χ1v) is 11.8. The Kier molecular flexibility index (Phi) is 9.24. The van der Waals surface area contributed by atoms with E-state index in [0.717, 1.165) is 12.1 Å². The second-order valence-corrected chi connectivity index (χ2v) is 8.76. The highest BCUT2D eigenvalue weighted by molar-refractivity contribution is 5.85. The predicted molar refractivity (Wildman–Crippen MR) is 129 cm³/mol. The molecule has 0 saturated heterocycles. The minimum Gasteiger partial charge on any atom is -0.545 e. The number of aromatic carboxylic acids is 1. The highest BCUT2D eigenvalue weighted by atomic mass is 19.4. The average Bonchev–Trinajstić information content (AvgIpc) is 2.87. The van der Waals surface area contributed by atoms with Crippen LogP contribution >= 0.6 is 0 Å². The Labute approximate surface area is 226 Å². The molecule has 0 aliphatic heterocycles. The number of halogens is 6. The lowest BCUT2D eigenvalue weighted by atomic mass is 9.88. The topological polar surface area (TPSA) is 77.0 Å². The SMILES string of the molecule is COc1ccc(COC(c2cc(C)c(OCCOc3ccc(C(=O)[O-])cc3)c(C)c2)(C(F)(F)F)C(F)(F)F)cc1. The third-order valence-electron chi connectivity index (χ3n) is 5.97. The van der Waals surface area contributed by atoms with Crippen LogP contribution in [0.15, 0.2) is 60.7 Å². The van der Waals surface area contributed by atoms with Crippen molar-refractivity contribution in [1.82, 2.24) is 0 Å². The highest BCUT2D eigenvalue weighted by Crippen LogP contribution is 2.54. The Morgan fingerprint density at radius 3 is 1.75 bits per heavy atom. The van der Waals surface area contributed by atoms with E-state index >= 15 is 0 Å². The van der Waals surface area contributed by atoms with Crippen LogP contribution < -0.4 is 19.3 Å². The van der Waals surface area contributed by atoms with Gasteiger partial charge in [0.15, 0.2) is 0 Å². The van der Waals surface area contributed by atoms with Crippen molar-refractivity contribution < 1.29 is 55.2 Å². The van der Waals surface area contributed by atoms with Gasteiger partial charge in [0.25, 0.3) is 5.60 Å². The highest BCUT2D eigenvalue weighted by Gasteiger charge is 2.73. The summed E-state index contributed by atoms with van der Waals surface area (Å²) in [6, 6.07) is 12.3. The van der Waals surface area contributed by atoms with E-state index in [1.807, 2.05) is 0 Å². The van der Waals surface area contributed by atoms with Crippen molar-refractivity contribution in [2.45, 2.75) is 38.4 Å². The van der Waals surface area contributed by atoms with E-state index in [-0.39, 0.29) is 41.2 Å². The van der Waals surface area contributed by atoms with E-state index in [0.29, 0.717) is 11.5 Å². The predicted octanol–water partition coefficient (Wildman–Crippen LogP) is 5.67. The van der Waals surface area contributed by atoms with E-state index in [1.165, 1.54) is 69.5 Å². The molecule has 6 nitrogen and oxygen atoms in total. The van der Waals surface area contributed by atoms with Gasteiger partial charge in [0.05, 0.1) is 19.7 Å². The summed E-state index contributed by atoms with van der Waals surface area (Å²) in [5.74, 6) is -0.558. The lowest BCUT2D eigenvalue weighted by molar-refractivity contribution is -0.392. The van der Waals surface area contributed by atoms with Crippen LogP contribution in [0.25, 0.3) is 0 Å². The van der Waals surface area contributed by atoms with Crippen LogP contribution in [0.4, 0.5) is 26.3 Å². The summed E-state index contributed by atoms with van der Waals surface area (Å²) in [4.78, 5) is 10.8. The van der Waals surface area contributed by atoms with E-state index < -0.39 is 36.1 Å². The summed E-state index contributed by atoms with van der Waals surface area (Å²) in [5.41, 5.74) is -5.64. The number of ether oxygens (including phenoxy) is 4. The first-order chi connectivity index (χ1) is 18.7. The fourth-order valence-electron chi connectivity index (χ4n) is 4.02. The van der Waals surface area contributed by atoms with Gasteiger partial charge in [-0.15, -0.1) is 0 Å². The first-order valence-electron chi connectivity index (χ1n) is 11.8. The molecule has 0 N–H and O–H groups in total. The van der Waals surface area contributed by atoms with Gasteiger partial charge < -0.3 is 28.8 Å². The maximum atomic E-state index is 14.3. The molecule has 0 fully saturated rings. The first kappa shape index (κ1) is 30.6. The Morgan fingerprint density at radius 1 is 0.775 bits per heavy atom. The maximum Gasteiger partial charge on any atom is 0.430 e. The number of carbonyl (C=O) groups is 1. The summed E-state index contributed by atoms with van der Waals surface area (Å²) in [5, 5.41) is 10.8. The minimum atomic E-state index is -5.85. The van der Waals surface area contributed by atoms with Gasteiger partial charge in [0.2, 0.25) is 0 Å². The van der Waals surface area contributed by atoms with Crippen LogP contribution in [-0.2, 0) is 16.9 Å². The third kappa shape index (κ3) is 6.61. The zero-order valence-corrected chi connectivity index (χ0v) is 21.6. The van der Waals surface area contributed by atoms with Gasteiger partial charge in [0.1, 0.15) is 30.5 Å². The molecular formula is C28H25F6O6-. The van der Waals surface area contributed by atoms with Crippen molar-refractivity contribution in [2.24, 2.45) is 0 Å². The van der Waals surface area contributed by atoms with E-state index in [9.17, 15) is 36.2 Å². The number of rotatable bonds is 11. The molecule has 0 spiro atoms. The molecule has 0 radical (unpaired) electrons. The van der Waals surface area contributed by atoms with Gasteiger partial charge in [-0.1, -0.05) is 12.1 Å². The molecule has 0 aliphatic rings. The van der Waals surface area contributed by atoms with Crippen LogP contribution in [-0.4, -0.2) is 38.6 Å². The summed E-state index contributed by atoms with van der Waals surface area (Å²) >= 11 is 0. The molecule has 3 aromatic carbocycles. The van der Waals surface area contributed by atoms with Gasteiger partial charge in [-0.3, -0.25) is 0 Å². The molecule has 3 aromatic rings. The minimum absolute atomic E-state index is 0.0271. The maximum absolute atomic E-state index is 14.3. The fourth-order valence-corrected chi connectivity index (χ4v) is 4.02. The van der Waals surface area contributed by atoms with Crippen LogP contribution in [0.5, 0.6) is 17.2 Å². The Balaban J connectivity index is 1.83. The van der Waals surface area contributed by atoms with Gasteiger partial charge in [-0.2, -0.15) is 26.3 Å². The molecule has 40 heavy (non-hydrogen) atoms. The van der Waals surface area contributed by atoms with E-state index in [1.54, 1.807) is 0 Å². The third-order valence-corrected chi connectivity index (χ3v) is 5.97. The van der Waals surface area contributed by atoms with Crippen LogP contribution in [0.1, 0.15) is 32.6 Å². The second kappa shape index (κ2) is 12.1. The molecule has 0 saturated carbocycles. The Hall–Kier alpha value is -3.93. The summed E-state index contributed by atoms with van der Waals surface area (Å²) in [7, 11) is 1.37. The number of hydrogen-bond donors (Lipinski definition) is 0. The lowest BCUT2D eigenvalue weighted by Gasteiger charge is -2.38. The largest absolute Gasteiger partial charge is 0.545 e. The second-order valence-electron chi connectivity index (χ2n) is 8.76. The molecule has 0 heterocycles. The number of methoxy groups -OCH3 is 1.